The van der Waals surface area contributed by atoms with Gasteiger partial charge in [-0.3, -0.25) is 10.2 Å². The summed E-state index contributed by atoms with van der Waals surface area (Å²) in [7, 11) is -0.561. The molecule has 1 fully saturated rings. The van der Waals surface area contributed by atoms with Gasteiger partial charge in [0.15, 0.2) is 0 Å². The summed E-state index contributed by atoms with van der Waals surface area (Å²) >= 11 is 0. The molecule has 1 aromatic heterocycles. The Hall–Kier alpha value is -2.11. The van der Waals surface area contributed by atoms with Crippen molar-refractivity contribution in [2.24, 2.45) is 0 Å². The monoisotopic (exact) mass is 359 g/mol. The molecule has 134 valence electrons. The van der Waals surface area contributed by atoms with Crippen LogP contribution in [0.25, 0.3) is 0 Å². The summed E-state index contributed by atoms with van der Waals surface area (Å²) in [5.74, 6) is -0.0346. The van der Waals surface area contributed by atoms with E-state index in [4.69, 9.17) is 4.42 Å². The fourth-order valence-corrected chi connectivity index (χ4v) is 3.32. The van der Waals surface area contributed by atoms with E-state index in [-0.39, 0.29) is 26.2 Å². The van der Waals surface area contributed by atoms with E-state index in [0.717, 1.165) is 4.31 Å². The number of rotatable bonds is 3. The van der Waals surface area contributed by atoms with Gasteiger partial charge in [-0.2, -0.15) is 17.0 Å². The molecule has 3 amide bonds. The Balaban J connectivity index is 1.83. The minimum Gasteiger partial charge on any atom is -0.469 e. The van der Waals surface area contributed by atoms with Crippen LogP contribution in [0.1, 0.15) is 16.1 Å². The lowest BCUT2D eigenvalue weighted by atomic mass is 10.2. The molecule has 0 spiro atoms. The molecule has 1 aliphatic heterocycles. The van der Waals surface area contributed by atoms with E-state index in [1.165, 1.54) is 35.6 Å². The number of furan rings is 1. The second-order valence-electron chi connectivity index (χ2n) is 5.45. The number of hydrogen-bond donors (Lipinski definition) is 2. The van der Waals surface area contributed by atoms with Crippen molar-refractivity contribution in [3.8, 4) is 0 Å². The molecule has 1 saturated heterocycles. The van der Waals surface area contributed by atoms with Gasteiger partial charge in [0.2, 0.25) is 0 Å². The maximum Gasteiger partial charge on any atom is 0.336 e. The zero-order valence-corrected chi connectivity index (χ0v) is 14.6. The number of carbonyl (C=O) groups is 2. The number of piperazine rings is 1. The first-order chi connectivity index (χ1) is 11.2. The molecule has 1 aliphatic rings. The van der Waals surface area contributed by atoms with E-state index in [1.54, 1.807) is 6.92 Å². The Bertz CT molecular complexity index is 706. The summed E-state index contributed by atoms with van der Waals surface area (Å²) in [5, 5.41) is 0. The number of nitrogens with one attached hydrogen (secondary N) is 2. The molecule has 2 N–H and O–H groups in total. The first kappa shape index (κ1) is 18.2. The highest BCUT2D eigenvalue weighted by molar-refractivity contribution is 7.86. The predicted octanol–water partition coefficient (Wildman–Crippen LogP) is -0.634. The number of amides is 3. The molecule has 0 aliphatic carbocycles. The van der Waals surface area contributed by atoms with E-state index in [2.05, 4.69) is 10.9 Å². The Morgan fingerprint density at radius 3 is 2.29 bits per heavy atom. The molecular weight excluding hydrogens is 338 g/mol. The first-order valence-corrected chi connectivity index (χ1v) is 8.70. The maximum absolute atomic E-state index is 12.0. The molecule has 10 nitrogen and oxygen atoms in total. The molecule has 1 aromatic rings. The lowest BCUT2D eigenvalue weighted by Gasteiger charge is -2.34. The van der Waals surface area contributed by atoms with Gasteiger partial charge in [0.25, 0.3) is 16.1 Å². The lowest BCUT2D eigenvalue weighted by Crippen LogP contribution is -2.57. The summed E-state index contributed by atoms with van der Waals surface area (Å²) < 4.78 is 31.5. The van der Waals surface area contributed by atoms with E-state index in [9.17, 15) is 18.0 Å². The summed E-state index contributed by atoms with van der Waals surface area (Å²) in [6, 6.07) is 1.01. The fourth-order valence-electron chi connectivity index (χ4n) is 2.23. The van der Waals surface area contributed by atoms with Gasteiger partial charge in [0.05, 0.1) is 11.8 Å². The van der Waals surface area contributed by atoms with Crippen LogP contribution in [0.2, 0.25) is 0 Å². The lowest BCUT2D eigenvalue weighted by molar-refractivity contribution is 0.0925. The fraction of sp³-hybridized carbons (Fsp3) is 0.538. The highest BCUT2D eigenvalue weighted by Crippen LogP contribution is 2.10. The normalized spacial score (nSPS) is 16.2. The summed E-state index contributed by atoms with van der Waals surface area (Å²) in [6.07, 6.45) is 1.39. The van der Waals surface area contributed by atoms with Crippen LogP contribution in [0.15, 0.2) is 16.7 Å². The minimum atomic E-state index is -3.48. The summed E-state index contributed by atoms with van der Waals surface area (Å²) in [4.78, 5) is 25.4. The molecule has 0 saturated carbocycles. The van der Waals surface area contributed by atoms with Crippen LogP contribution in [0.5, 0.6) is 0 Å². The van der Waals surface area contributed by atoms with Crippen LogP contribution in [-0.2, 0) is 10.2 Å². The highest BCUT2D eigenvalue weighted by atomic mass is 32.2. The third-order valence-corrected chi connectivity index (χ3v) is 5.64. The van der Waals surface area contributed by atoms with Crippen LogP contribution in [0.4, 0.5) is 4.79 Å². The first-order valence-electron chi connectivity index (χ1n) is 7.30. The van der Waals surface area contributed by atoms with Gasteiger partial charge in [0.1, 0.15) is 5.76 Å². The van der Waals surface area contributed by atoms with E-state index in [0.29, 0.717) is 11.3 Å². The number of hydrogen-bond acceptors (Lipinski definition) is 5. The molecule has 11 heteroatoms. The molecule has 0 radical (unpaired) electrons. The van der Waals surface area contributed by atoms with E-state index < -0.39 is 22.1 Å². The molecular formula is C13H21N5O5S. The Morgan fingerprint density at radius 2 is 1.79 bits per heavy atom. The summed E-state index contributed by atoms with van der Waals surface area (Å²) in [5.41, 5.74) is 4.94. The Kier molecular flexibility index (Phi) is 5.47. The van der Waals surface area contributed by atoms with Gasteiger partial charge in [-0.1, -0.05) is 0 Å². The number of carbonyl (C=O) groups excluding carboxylic acids is 2. The minimum absolute atomic E-state index is 0.197. The van der Waals surface area contributed by atoms with Crippen LogP contribution >= 0.6 is 0 Å². The van der Waals surface area contributed by atoms with Gasteiger partial charge in [0, 0.05) is 40.3 Å². The van der Waals surface area contributed by atoms with Crippen LogP contribution in [0, 0.1) is 6.92 Å². The van der Waals surface area contributed by atoms with Gasteiger partial charge in [-0.15, -0.1) is 0 Å². The van der Waals surface area contributed by atoms with Gasteiger partial charge in [-0.05, 0) is 13.0 Å². The molecule has 24 heavy (non-hydrogen) atoms. The molecule has 2 rings (SSSR count). The van der Waals surface area contributed by atoms with Crippen molar-refractivity contribution >= 4 is 22.1 Å². The Morgan fingerprint density at radius 1 is 1.17 bits per heavy atom. The molecule has 0 unspecified atom stereocenters. The largest absolute Gasteiger partial charge is 0.469 e. The van der Waals surface area contributed by atoms with Crippen molar-refractivity contribution in [1.82, 2.24) is 24.4 Å². The number of nitrogens with zero attached hydrogens (tertiary/aromatic N) is 3. The summed E-state index contributed by atoms with van der Waals surface area (Å²) in [6.45, 7) is 2.51. The number of aryl methyl sites for hydroxylation is 1. The van der Waals surface area contributed by atoms with Crippen molar-refractivity contribution in [3.63, 3.8) is 0 Å². The van der Waals surface area contributed by atoms with Crippen LogP contribution in [0.3, 0.4) is 0 Å². The average Bonchev–Trinajstić information content (AvgIpc) is 2.98. The van der Waals surface area contributed by atoms with Crippen molar-refractivity contribution in [2.75, 3.05) is 40.3 Å². The van der Waals surface area contributed by atoms with E-state index >= 15 is 0 Å². The highest BCUT2D eigenvalue weighted by Gasteiger charge is 2.30. The standard InChI is InChI=1S/C13H21N5O5S/c1-10-11(4-9-23-10)12(19)14-15-13(20)17-5-7-18(8-6-17)24(21,22)16(2)3/h4,9H,5-8H2,1-3H3,(H,14,19)(H,15,20). The quantitative estimate of drug-likeness (QED) is 0.697. The average molecular weight is 359 g/mol. The third kappa shape index (κ3) is 3.86. The van der Waals surface area contributed by atoms with Gasteiger partial charge < -0.3 is 9.32 Å². The third-order valence-electron chi connectivity index (χ3n) is 3.70. The molecule has 0 bridgehead atoms. The van der Waals surface area contributed by atoms with E-state index in [1.807, 2.05) is 0 Å². The van der Waals surface area contributed by atoms with Crippen molar-refractivity contribution < 1.29 is 22.4 Å². The zero-order valence-electron chi connectivity index (χ0n) is 13.8. The number of hydrazine groups is 1. The van der Waals surface area contributed by atoms with Gasteiger partial charge in [-0.25, -0.2) is 10.2 Å². The second-order valence-corrected chi connectivity index (χ2v) is 7.59. The predicted molar refractivity (Wildman–Crippen MR) is 85.2 cm³/mol. The van der Waals surface area contributed by atoms with Crippen LogP contribution in [-0.4, -0.2) is 74.1 Å². The van der Waals surface area contributed by atoms with Crippen molar-refractivity contribution in [2.45, 2.75) is 6.92 Å². The smallest absolute Gasteiger partial charge is 0.336 e. The second kappa shape index (κ2) is 7.20. The maximum atomic E-state index is 12.0. The van der Waals surface area contributed by atoms with Crippen LogP contribution < -0.4 is 10.9 Å². The van der Waals surface area contributed by atoms with Gasteiger partial charge >= 0.3 is 6.03 Å². The van der Waals surface area contributed by atoms with Crippen molar-refractivity contribution in [1.29, 1.82) is 0 Å². The molecule has 2 heterocycles. The Labute approximate surface area is 140 Å². The zero-order chi connectivity index (χ0) is 17.9. The molecule has 0 atom stereocenters. The van der Waals surface area contributed by atoms with Crippen molar-refractivity contribution in [3.05, 3.63) is 23.7 Å². The SMILES string of the molecule is Cc1occc1C(=O)NNC(=O)N1CCN(S(=O)(=O)N(C)C)CC1. The molecule has 0 aromatic carbocycles. The number of urea groups is 1. The topological polar surface area (TPSA) is 115 Å².